The summed E-state index contributed by atoms with van der Waals surface area (Å²) in [6, 6.07) is 8.18. The fourth-order valence-corrected chi connectivity index (χ4v) is 6.34. The number of likely N-dealkylation sites (tertiary alicyclic amines) is 1. The highest BCUT2D eigenvalue weighted by Gasteiger charge is 2.62. The predicted molar refractivity (Wildman–Crippen MR) is 126 cm³/mol. The Morgan fingerprint density at radius 2 is 2.12 bits per heavy atom. The van der Waals surface area contributed by atoms with E-state index in [1.165, 1.54) is 44.5 Å². The fourth-order valence-electron chi connectivity index (χ4n) is 6.34. The van der Waals surface area contributed by atoms with Crippen molar-refractivity contribution in [1.29, 1.82) is 0 Å². The number of rotatable bonds is 6. The zero-order valence-corrected chi connectivity index (χ0v) is 19.6. The molecule has 1 amide bonds. The molecule has 6 rings (SSSR count). The SMILES string of the molecule is Cc1cc(C23CC2CN(CCC2CCC(NC(=O)c4cccc5nn(C)cc45)CC2)C3)no1. The van der Waals surface area contributed by atoms with Crippen LogP contribution in [0.2, 0.25) is 0 Å². The summed E-state index contributed by atoms with van der Waals surface area (Å²) in [5, 5.41) is 13.0. The summed E-state index contributed by atoms with van der Waals surface area (Å²) in [5.74, 6) is 2.48. The van der Waals surface area contributed by atoms with Crippen LogP contribution in [0.3, 0.4) is 0 Å². The molecular formula is C26H33N5O2. The fraction of sp³-hybridized carbons (Fsp3) is 0.577. The summed E-state index contributed by atoms with van der Waals surface area (Å²) in [5.41, 5.74) is 3.04. The van der Waals surface area contributed by atoms with Crippen LogP contribution < -0.4 is 5.32 Å². The molecule has 7 heteroatoms. The third-order valence-electron chi connectivity index (χ3n) is 8.30. The molecule has 3 heterocycles. The lowest BCUT2D eigenvalue weighted by atomic mass is 9.84. The van der Waals surface area contributed by atoms with Crippen LogP contribution in [-0.2, 0) is 12.5 Å². The van der Waals surface area contributed by atoms with Crippen LogP contribution >= 0.6 is 0 Å². The molecule has 1 N–H and O–H groups in total. The quantitative estimate of drug-likeness (QED) is 0.622. The van der Waals surface area contributed by atoms with Crippen LogP contribution in [0, 0.1) is 18.8 Å². The Kier molecular flexibility index (Phi) is 5.05. The molecule has 174 valence electrons. The number of carbonyl (C=O) groups excluding carboxylic acids is 1. The van der Waals surface area contributed by atoms with E-state index in [9.17, 15) is 4.79 Å². The van der Waals surface area contributed by atoms with Crippen LogP contribution in [0.4, 0.5) is 0 Å². The molecule has 0 bridgehead atoms. The van der Waals surface area contributed by atoms with Crippen molar-refractivity contribution in [3.05, 3.63) is 47.5 Å². The molecule has 3 aromatic rings. The van der Waals surface area contributed by atoms with E-state index in [4.69, 9.17) is 4.52 Å². The maximum atomic E-state index is 12.9. The molecule has 2 aromatic heterocycles. The van der Waals surface area contributed by atoms with E-state index in [2.05, 4.69) is 26.5 Å². The van der Waals surface area contributed by atoms with Crippen molar-refractivity contribution in [3.8, 4) is 0 Å². The van der Waals surface area contributed by atoms with Gasteiger partial charge in [0.2, 0.25) is 0 Å². The van der Waals surface area contributed by atoms with Gasteiger partial charge in [0.1, 0.15) is 5.76 Å². The number of hydrogen-bond donors (Lipinski definition) is 1. The zero-order chi connectivity index (χ0) is 22.6. The Morgan fingerprint density at radius 1 is 1.27 bits per heavy atom. The van der Waals surface area contributed by atoms with Crippen LogP contribution in [0.25, 0.3) is 10.9 Å². The summed E-state index contributed by atoms with van der Waals surface area (Å²) in [6.07, 6.45) is 9.01. The number of nitrogens with zero attached hydrogens (tertiary/aromatic N) is 4. The zero-order valence-electron chi connectivity index (χ0n) is 19.6. The number of fused-ring (bicyclic) bond motifs is 2. The normalized spacial score (nSPS) is 29.3. The van der Waals surface area contributed by atoms with Gasteiger partial charge >= 0.3 is 0 Å². The molecule has 33 heavy (non-hydrogen) atoms. The Bertz CT molecular complexity index is 1170. The molecule has 1 saturated heterocycles. The molecule has 2 atom stereocenters. The smallest absolute Gasteiger partial charge is 0.252 e. The molecular weight excluding hydrogens is 414 g/mol. The molecule has 2 aliphatic carbocycles. The molecule has 1 aromatic carbocycles. The second-order valence-electron chi connectivity index (χ2n) is 10.6. The average Bonchev–Trinajstić information content (AvgIpc) is 3.15. The first-order valence-corrected chi connectivity index (χ1v) is 12.4. The number of amides is 1. The van der Waals surface area contributed by atoms with E-state index in [0.29, 0.717) is 0 Å². The number of aryl methyl sites for hydroxylation is 2. The highest BCUT2D eigenvalue weighted by atomic mass is 16.5. The van der Waals surface area contributed by atoms with Crippen LogP contribution in [-0.4, -0.2) is 51.4 Å². The van der Waals surface area contributed by atoms with Crippen molar-refractivity contribution in [2.75, 3.05) is 19.6 Å². The van der Waals surface area contributed by atoms with Gasteiger partial charge in [0.05, 0.1) is 16.8 Å². The molecule has 0 spiro atoms. The van der Waals surface area contributed by atoms with Gasteiger partial charge in [-0.3, -0.25) is 9.48 Å². The standard InChI is InChI=1S/C26H33N5O2/c1-17-12-24(29-33-17)26-13-19(26)14-31(16-26)11-10-18-6-8-20(9-7-18)27-25(32)21-4-3-5-23-22(21)15-30(2)28-23/h3-5,12,15,18-20H,6-11,13-14,16H2,1-2H3,(H,27,32). The van der Waals surface area contributed by atoms with E-state index in [1.807, 2.05) is 38.4 Å². The number of hydrogen-bond acceptors (Lipinski definition) is 5. The highest BCUT2D eigenvalue weighted by molar-refractivity contribution is 6.06. The predicted octanol–water partition coefficient (Wildman–Crippen LogP) is 3.82. The lowest BCUT2D eigenvalue weighted by Gasteiger charge is -2.30. The largest absolute Gasteiger partial charge is 0.361 e. The number of aromatic nitrogens is 3. The third-order valence-corrected chi connectivity index (χ3v) is 8.30. The molecule has 1 aliphatic heterocycles. The first kappa shape index (κ1) is 20.9. The van der Waals surface area contributed by atoms with Gasteiger partial charge in [0.25, 0.3) is 5.91 Å². The second-order valence-corrected chi connectivity index (χ2v) is 10.6. The monoisotopic (exact) mass is 447 g/mol. The number of carbonyl (C=O) groups is 1. The van der Waals surface area contributed by atoms with E-state index in [-0.39, 0.29) is 17.4 Å². The number of nitrogens with one attached hydrogen (secondary N) is 1. The van der Waals surface area contributed by atoms with Gasteiger partial charge in [-0.1, -0.05) is 11.2 Å². The summed E-state index contributed by atoms with van der Waals surface area (Å²) >= 11 is 0. The molecule has 0 radical (unpaired) electrons. The Labute approximate surface area is 194 Å². The van der Waals surface area contributed by atoms with Crippen molar-refractivity contribution in [2.24, 2.45) is 18.9 Å². The van der Waals surface area contributed by atoms with Crippen molar-refractivity contribution in [3.63, 3.8) is 0 Å². The summed E-state index contributed by atoms with van der Waals surface area (Å²) in [4.78, 5) is 15.6. The topological polar surface area (TPSA) is 76.2 Å². The minimum absolute atomic E-state index is 0.0294. The number of benzene rings is 1. The van der Waals surface area contributed by atoms with Crippen LogP contribution in [0.5, 0.6) is 0 Å². The summed E-state index contributed by atoms with van der Waals surface area (Å²) < 4.78 is 7.11. The van der Waals surface area contributed by atoms with Crippen LogP contribution in [0.15, 0.2) is 35.0 Å². The summed E-state index contributed by atoms with van der Waals surface area (Å²) in [7, 11) is 1.89. The van der Waals surface area contributed by atoms with Gasteiger partial charge in [-0.15, -0.1) is 0 Å². The van der Waals surface area contributed by atoms with Crippen molar-refractivity contribution in [1.82, 2.24) is 25.2 Å². The van der Waals surface area contributed by atoms with Crippen molar-refractivity contribution >= 4 is 16.8 Å². The van der Waals surface area contributed by atoms with E-state index in [0.717, 1.165) is 53.4 Å². The maximum absolute atomic E-state index is 12.9. The van der Waals surface area contributed by atoms with Gasteiger partial charge in [0.15, 0.2) is 0 Å². The average molecular weight is 448 g/mol. The Morgan fingerprint density at radius 3 is 2.91 bits per heavy atom. The van der Waals surface area contributed by atoms with Gasteiger partial charge in [-0.25, -0.2) is 0 Å². The Hall–Kier alpha value is -2.67. The highest BCUT2D eigenvalue weighted by Crippen LogP contribution is 2.58. The van der Waals surface area contributed by atoms with Crippen molar-refractivity contribution in [2.45, 2.75) is 56.9 Å². The van der Waals surface area contributed by atoms with Gasteiger partial charge in [-0.2, -0.15) is 5.10 Å². The minimum Gasteiger partial charge on any atom is -0.361 e. The van der Waals surface area contributed by atoms with Crippen LogP contribution in [0.1, 0.15) is 60.3 Å². The lowest BCUT2D eigenvalue weighted by Crippen LogP contribution is -2.38. The van der Waals surface area contributed by atoms with E-state index >= 15 is 0 Å². The van der Waals surface area contributed by atoms with Gasteiger partial charge in [-0.05, 0) is 76.0 Å². The summed E-state index contributed by atoms with van der Waals surface area (Å²) in [6.45, 7) is 5.50. The molecule has 3 fully saturated rings. The number of piperidine rings is 1. The third kappa shape index (κ3) is 3.86. The van der Waals surface area contributed by atoms with Gasteiger partial charge < -0.3 is 14.7 Å². The molecule has 3 aliphatic rings. The Balaban J connectivity index is 0.976. The van der Waals surface area contributed by atoms with E-state index < -0.39 is 0 Å². The first-order valence-electron chi connectivity index (χ1n) is 12.4. The molecule has 2 saturated carbocycles. The van der Waals surface area contributed by atoms with Crippen molar-refractivity contribution < 1.29 is 9.32 Å². The lowest BCUT2D eigenvalue weighted by molar-refractivity contribution is 0.0921. The second kappa shape index (κ2) is 7.97. The molecule has 7 nitrogen and oxygen atoms in total. The molecule has 2 unspecified atom stereocenters. The minimum atomic E-state index is 0.0294. The van der Waals surface area contributed by atoms with E-state index in [1.54, 1.807) is 4.68 Å². The first-order chi connectivity index (χ1) is 16.0. The van der Waals surface area contributed by atoms with Gasteiger partial charge in [0, 0.05) is 49.2 Å². The maximum Gasteiger partial charge on any atom is 0.252 e.